The molecule has 3 heterocycles. The highest BCUT2D eigenvalue weighted by Gasteiger charge is 2.23. The summed E-state index contributed by atoms with van der Waals surface area (Å²) in [5.74, 6) is 0.353. The van der Waals surface area contributed by atoms with Crippen LogP contribution in [-0.4, -0.2) is 32.0 Å². The molecule has 0 saturated heterocycles. The van der Waals surface area contributed by atoms with E-state index in [2.05, 4.69) is 25.6 Å². The quantitative estimate of drug-likeness (QED) is 0.493. The molecule has 0 radical (unpaired) electrons. The summed E-state index contributed by atoms with van der Waals surface area (Å²) in [4.78, 5) is 38.3. The lowest BCUT2D eigenvalue weighted by Gasteiger charge is -2.24. The van der Waals surface area contributed by atoms with Crippen molar-refractivity contribution in [1.29, 1.82) is 0 Å². The maximum Gasteiger partial charge on any atom is 0.293 e. The maximum absolute atomic E-state index is 13.0. The maximum atomic E-state index is 13.0. The Kier molecular flexibility index (Phi) is 6.87. The van der Waals surface area contributed by atoms with Crippen molar-refractivity contribution in [1.82, 2.24) is 24.8 Å². The molecule has 0 fully saturated rings. The molecule has 4 N–H and O–H groups in total. The molecule has 0 unspecified atom stereocenters. The van der Waals surface area contributed by atoms with Crippen LogP contribution in [0.4, 0.5) is 11.6 Å². The number of nitrogen functional groups attached to an aromatic ring is 1. The molecule has 0 aliphatic carbocycles. The van der Waals surface area contributed by atoms with Crippen molar-refractivity contribution in [3.05, 3.63) is 75.7 Å². The zero-order valence-electron chi connectivity index (χ0n) is 18.8. The summed E-state index contributed by atoms with van der Waals surface area (Å²) in [6, 6.07) is 9.26. The van der Waals surface area contributed by atoms with Crippen molar-refractivity contribution < 1.29 is 4.79 Å². The number of carbonyl (C=O) groups excluding carboxylic acids is 1. The number of nitrogens with one attached hydrogen (secondary N) is 2. The fourth-order valence-corrected chi connectivity index (χ4v) is 3.24. The SMILES string of the molecule is Cc1nc(N)ccc1CNC(=O)Cn1c(C)cnc(NCC(C)(C)c2ccccn2)c1=O. The zero-order valence-corrected chi connectivity index (χ0v) is 18.8. The molecule has 0 spiro atoms. The molecule has 32 heavy (non-hydrogen) atoms. The topological polar surface area (TPSA) is 128 Å². The molecule has 3 aromatic heterocycles. The highest BCUT2D eigenvalue weighted by Crippen LogP contribution is 2.20. The first-order chi connectivity index (χ1) is 15.2. The third-order valence-electron chi connectivity index (χ3n) is 5.30. The average Bonchev–Trinajstić information content (AvgIpc) is 2.76. The van der Waals surface area contributed by atoms with Crippen molar-refractivity contribution in [2.24, 2.45) is 0 Å². The lowest BCUT2D eigenvalue weighted by molar-refractivity contribution is -0.121. The van der Waals surface area contributed by atoms with Gasteiger partial charge < -0.3 is 16.4 Å². The summed E-state index contributed by atoms with van der Waals surface area (Å²) in [7, 11) is 0. The molecular formula is C23H29N7O2. The monoisotopic (exact) mass is 435 g/mol. The number of nitrogens with two attached hydrogens (primary N) is 1. The first-order valence-corrected chi connectivity index (χ1v) is 10.4. The lowest BCUT2D eigenvalue weighted by atomic mass is 9.89. The smallest absolute Gasteiger partial charge is 0.293 e. The summed E-state index contributed by atoms with van der Waals surface area (Å²) in [6.07, 6.45) is 3.33. The van der Waals surface area contributed by atoms with E-state index >= 15 is 0 Å². The second kappa shape index (κ2) is 9.59. The van der Waals surface area contributed by atoms with E-state index in [0.717, 1.165) is 17.0 Å². The fraction of sp³-hybridized carbons (Fsp3) is 0.348. The van der Waals surface area contributed by atoms with Gasteiger partial charge in [0.25, 0.3) is 5.56 Å². The van der Waals surface area contributed by atoms with E-state index in [1.54, 1.807) is 25.4 Å². The molecule has 0 aliphatic rings. The molecule has 3 aromatic rings. The molecule has 0 saturated carbocycles. The van der Waals surface area contributed by atoms with E-state index < -0.39 is 0 Å². The Bertz CT molecular complexity index is 1160. The van der Waals surface area contributed by atoms with Crippen molar-refractivity contribution in [2.75, 3.05) is 17.6 Å². The zero-order chi connectivity index (χ0) is 23.3. The van der Waals surface area contributed by atoms with Crippen molar-refractivity contribution in [3.63, 3.8) is 0 Å². The Morgan fingerprint density at radius 3 is 2.62 bits per heavy atom. The molecule has 9 nitrogen and oxygen atoms in total. The number of aryl methyl sites for hydroxylation is 2. The largest absolute Gasteiger partial charge is 0.384 e. The van der Waals surface area contributed by atoms with E-state index in [1.807, 2.05) is 45.0 Å². The summed E-state index contributed by atoms with van der Waals surface area (Å²) in [5.41, 5.74) is 8.14. The molecule has 0 bridgehead atoms. The van der Waals surface area contributed by atoms with Crippen LogP contribution in [0.2, 0.25) is 0 Å². The summed E-state index contributed by atoms with van der Waals surface area (Å²) in [5, 5.41) is 5.96. The van der Waals surface area contributed by atoms with E-state index in [0.29, 0.717) is 24.6 Å². The van der Waals surface area contributed by atoms with E-state index in [4.69, 9.17) is 5.73 Å². The summed E-state index contributed by atoms with van der Waals surface area (Å²) >= 11 is 0. The van der Waals surface area contributed by atoms with E-state index in [1.165, 1.54) is 4.57 Å². The van der Waals surface area contributed by atoms with E-state index in [-0.39, 0.29) is 29.2 Å². The number of hydrogen-bond acceptors (Lipinski definition) is 7. The van der Waals surface area contributed by atoms with Gasteiger partial charge >= 0.3 is 0 Å². The van der Waals surface area contributed by atoms with Crippen molar-refractivity contribution >= 4 is 17.5 Å². The Morgan fingerprint density at radius 1 is 1.16 bits per heavy atom. The minimum Gasteiger partial charge on any atom is -0.384 e. The van der Waals surface area contributed by atoms with Crippen LogP contribution in [-0.2, 0) is 23.3 Å². The number of aromatic nitrogens is 4. The molecule has 0 aromatic carbocycles. The highest BCUT2D eigenvalue weighted by atomic mass is 16.2. The van der Waals surface area contributed by atoms with Gasteiger partial charge in [0.15, 0.2) is 5.82 Å². The lowest BCUT2D eigenvalue weighted by Crippen LogP contribution is -2.36. The predicted octanol–water partition coefficient (Wildman–Crippen LogP) is 1.94. The van der Waals surface area contributed by atoms with Crippen LogP contribution in [0.5, 0.6) is 0 Å². The van der Waals surface area contributed by atoms with Gasteiger partial charge in [0.1, 0.15) is 12.4 Å². The Hall–Kier alpha value is -3.75. The number of rotatable bonds is 8. The first-order valence-electron chi connectivity index (χ1n) is 10.4. The van der Waals surface area contributed by atoms with Crippen LogP contribution in [0.25, 0.3) is 0 Å². The standard InChI is InChI=1S/C23H29N7O2/c1-15-11-27-21(28-14-23(3,4)18-7-5-6-10-25-18)22(32)30(15)13-20(31)26-12-17-8-9-19(24)29-16(17)2/h5-11H,12-14H2,1-4H3,(H2,24,29)(H,26,31)(H,27,28). The summed E-state index contributed by atoms with van der Waals surface area (Å²) < 4.78 is 1.41. The Balaban J connectivity index is 1.68. The van der Waals surface area contributed by atoms with Crippen LogP contribution in [0, 0.1) is 13.8 Å². The van der Waals surface area contributed by atoms with Gasteiger partial charge in [0.05, 0.1) is 0 Å². The molecule has 1 amide bonds. The van der Waals surface area contributed by atoms with Crippen molar-refractivity contribution in [2.45, 2.75) is 46.2 Å². The van der Waals surface area contributed by atoms with Crippen molar-refractivity contribution in [3.8, 4) is 0 Å². The van der Waals surface area contributed by atoms with Crippen LogP contribution in [0.15, 0.2) is 47.5 Å². The first kappa shape index (κ1) is 22.9. The minimum absolute atomic E-state index is 0.104. The number of amides is 1. The van der Waals surface area contributed by atoms with Gasteiger partial charge in [0.2, 0.25) is 5.91 Å². The highest BCUT2D eigenvalue weighted by molar-refractivity contribution is 5.75. The van der Waals surface area contributed by atoms with Gasteiger partial charge in [0, 0.05) is 48.0 Å². The molecule has 0 atom stereocenters. The van der Waals surface area contributed by atoms with Crippen LogP contribution in [0.3, 0.4) is 0 Å². The number of carbonyl (C=O) groups is 1. The molecular weight excluding hydrogens is 406 g/mol. The minimum atomic E-state index is -0.345. The van der Waals surface area contributed by atoms with Crippen LogP contribution >= 0.6 is 0 Å². The number of nitrogens with zero attached hydrogens (tertiary/aromatic N) is 4. The second-order valence-electron chi connectivity index (χ2n) is 8.35. The van der Waals surface area contributed by atoms with Gasteiger partial charge in [-0.2, -0.15) is 0 Å². The molecule has 3 rings (SSSR count). The molecule has 168 valence electrons. The van der Waals surface area contributed by atoms with Gasteiger partial charge in [-0.25, -0.2) is 9.97 Å². The Labute approximate surface area is 187 Å². The molecule has 0 aliphatic heterocycles. The fourth-order valence-electron chi connectivity index (χ4n) is 3.24. The number of pyridine rings is 2. The normalized spacial score (nSPS) is 11.2. The third-order valence-corrected chi connectivity index (χ3v) is 5.30. The second-order valence-corrected chi connectivity index (χ2v) is 8.35. The van der Waals surface area contributed by atoms with Gasteiger partial charge in [-0.15, -0.1) is 0 Å². The van der Waals surface area contributed by atoms with Gasteiger partial charge in [-0.1, -0.05) is 26.0 Å². The van der Waals surface area contributed by atoms with E-state index in [9.17, 15) is 9.59 Å². The average molecular weight is 436 g/mol. The Morgan fingerprint density at radius 2 is 1.94 bits per heavy atom. The van der Waals surface area contributed by atoms with Crippen LogP contribution in [0.1, 0.15) is 36.5 Å². The third kappa shape index (κ3) is 5.48. The van der Waals surface area contributed by atoms with Crippen LogP contribution < -0.4 is 21.9 Å². The molecule has 9 heteroatoms. The predicted molar refractivity (Wildman–Crippen MR) is 124 cm³/mol. The number of anilines is 2. The summed E-state index contributed by atoms with van der Waals surface area (Å²) in [6.45, 7) is 8.32. The van der Waals surface area contributed by atoms with Gasteiger partial charge in [-0.3, -0.25) is 19.1 Å². The number of hydrogen-bond donors (Lipinski definition) is 3. The van der Waals surface area contributed by atoms with Gasteiger partial charge in [-0.05, 0) is 37.6 Å².